The molecule has 6 nitrogen and oxygen atoms in total. The molecule has 6 heteroatoms. The molecule has 2 heterocycles. The number of carbonyl (C=O) groups excluding carboxylic acids is 2. The van der Waals surface area contributed by atoms with Crippen LogP contribution in [0.25, 0.3) is 0 Å². The Balaban J connectivity index is 1.70. The number of carbonyl (C=O) groups is 2. The molecule has 1 aliphatic rings. The van der Waals surface area contributed by atoms with Gasteiger partial charge in [0.25, 0.3) is 5.91 Å². The number of piperazine rings is 1. The number of likely N-dealkylation sites (N-methyl/N-ethyl adjacent to an activating group) is 1. The van der Waals surface area contributed by atoms with E-state index in [0.29, 0.717) is 16.9 Å². The molecule has 0 atom stereocenters. The highest BCUT2D eigenvalue weighted by atomic mass is 16.2. The summed E-state index contributed by atoms with van der Waals surface area (Å²) >= 11 is 0. The van der Waals surface area contributed by atoms with Gasteiger partial charge in [-0.2, -0.15) is 0 Å². The van der Waals surface area contributed by atoms with E-state index in [-0.39, 0.29) is 11.7 Å². The molecule has 1 aliphatic heterocycles. The fourth-order valence-corrected chi connectivity index (χ4v) is 3.07. The predicted molar refractivity (Wildman–Crippen MR) is 103 cm³/mol. The van der Waals surface area contributed by atoms with Crippen LogP contribution in [0.2, 0.25) is 0 Å². The number of benzene rings is 1. The summed E-state index contributed by atoms with van der Waals surface area (Å²) in [6.07, 6.45) is 1.67. The molecule has 1 saturated heterocycles. The number of Topliss-reactive ketones (excluding diaryl/α,β-unsaturated/α-hetero) is 1. The molecule has 136 valence electrons. The average Bonchev–Trinajstić information content (AvgIpc) is 2.68. The second-order valence-electron chi connectivity index (χ2n) is 6.41. The number of anilines is 2. The highest BCUT2D eigenvalue weighted by Crippen LogP contribution is 2.18. The summed E-state index contributed by atoms with van der Waals surface area (Å²) in [5.74, 6) is -0.313. The minimum atomic E-state index is -0.278. The zero-order valence-corrected chi connectivity index (χ0v) is 15.2. The lowest BCUT2D eigenvalue weighted by Crippen LogP contribution is -2.46. The molecule has 0 saturated carbocycles. The Labute approximate surface area is 153 Å². The third-order valence-electron chi connectivity index (χ3n) is 4.69. The third-order valence-corrected chi connectivity index (χ3v) is 4.69. The molecular formula is C20H24N4O2. The quantitative estimate of drug-likeness (QED) is 0.838. The molecule has 1 aromatic heterocycles. The van der Waals surface area contributed by atoms with Gasteiger partial charge in [0, 0.05) is 49.3 Å². The van der Waals surface area contributed by atoms with Crippen LogP contribution < -0.4 is 10.2 Å². The van der Waals surface area contributed by atoms with Gasteiger partial charge in [0.15, 0.2) is 5.78 Å². The van der Waals surface area contributed by atoms with Gasteiger partial charge in [-0.1, -0.05) is 19.1 Å². The van der Waals surface area contributed by atoms with E-state index in [1.807, 2.05) is 12.1 Å². The summed E-state index contributed by atoms with van der Waals surface area (Å²) in [7, 11) is 0. The lowest BCUT2D eigenvalue weighted by atomic mass is 10.1. The van der Waals surface area contributed by atoms with Crippen LogP contribution in [0.1, 0.15) is 34.7 Å². The van der Waals surface area contributed by atoms with Crippen LogP contribution in [0, 0.1) is 0 Å². The molecule has 3 rings (SSSR count). The van der Waals surface area contributed by atoms with E-state index in [9.17, 15) is 9.59 Å². The van der Waals surface area contributed by atoms with E-state index in [4.69, 9.17) is 0 Å². The van der Waals surface area contributed by atoms with Crippen LogP contribution in [0.5, 0.6) is 0 Å². The van der Waals surface area contributed by atoms with Crippen molar-refractivity contribution in [3.63, 3.8) is 0 Å². The summed E-state index contributed by atoms with van der Waals surface area (Å²) in [4.78, 5) is 32.9. The first-order valence-electron chi connectivity index (χ1n) is 8.92. The van der Waals surface area contributed by atoms with Crippen LogP contribution in [-0.4, -0.2) is 54.3 Å². The third kappa shape index (κ3) is 4.26. The van der Waals surface area contributed by atoms with Crippen molar-refractivity contribution >= 4 is 23.1 Å². The largest absolute Gasteiger partial charge is 0.369 e. The SMILES string of the molecule is CCN1CCN(c2ccnc(C(=O)Nc3cccc(C(C)=O)c3)c2)CC1. The fraction of sp³-hybridized carbons (Fsp3) is 0.350. The summed E-state index contributed by atoms with van der Waals surface area (Å²) in [6, 6.07) is 10.7. The minimum Gasteiger partial charge on any atom is -0.369 e. The first-order chi connectivity index (χ1) is 12.6. The van der Waals surface area contributed by atoms with Gasteiger partial charge in [-0.25, -0.2) is 0 Å². The van der Waals surface area contributed by atoms with E-state index in [0.717, 1.165) is 38.4 Å². The van der Waals surface area contributed by atoms with Crippen molar-refractivity contribution in [2.45, 2.75) is 13.8 Å². The zero-order chi connectivity index (χ0) is 18.5. The second-order valence-corrected chi connectivity index (χ2v) is 6.41. The Kier molecular flexibility index (Phi) is 5.63. The Hall–Kier alpha value is -2.73. The number of hydrogen-bond donors (Lipinski definition) is 1. The van der Waals surface area contributed by atoms with Gasteiger partial charge in [-0.3, -0.25) is 14.6 Å². The van der Waals surface area contributed by atoms with Gasteiger partial charge < -0.3 is 15.1 Å². The van der Waals surface area contributed by atoms with Crippen molar-refractivity contribution in [2.24, 2.45) is 0 Å². The van der Waals surface area contributed by atoms with Gasteiger partial charge in [0.05, 0.1) is 0 Å². The van der Waals surface area contributed by atoms with Crippen molar-refractivity contribution in [3.05, 3.63) is 53.9 Å². The summed E-state index contributed by atoms with van der Waals surface area (Å²) in [5.41, 5.74) is 2.54. The number of rotatable bonds is 5. The average molecular weight is 352 g/mol. The second kappa shape index (κ2) is 8.10. The summed E-state index contributed by atoms with van der Waals surface area (Å²) < 4.78 is 0. The van der Waals surface area contributed by atoms with Crippen LogP contribution in [0.4, 0.5) is 11.4 Å². The van der Waals surface area contributed by atoms with E-state index in [2.05, 4.69) is 27.0 Å². The van der Waals surface area contributed by atoms with Crippen molar-refractivity contribution in [3.8, 4) is 0 Å². The molecule has 1 amide bonds. The van der Waals surface area contributed by atoms with Crippen LogP contribution in [0.15, 0.2) is 42.6 Å². The molecule has 1 fully saturated rings. The van der Waals surface area contributed by atoms with Gasteiger partial charge in [-0.15, -0.1) is 0 Å². The maximum absolute atomic E-state index is 12.5. The number of hydrogen-bond acceptors (Lipinski definition) is 5. The Bertz CT molecular complexity index is 798. The molecule has 26 heavy (non-hydrogen) atoms. The topological polar surface area (TPSA) is 65.5 Å². The number of nitrogens with zero attached hydrogens (tertiary/aromatic N) is 3. The molecule has 0 unspecified atom stereocenters. The van der Waals surface area contributed by atoms with Crippen molar-refractivity contribution in [1.29, 1.82) is 0 Å². The molecule has 1 aromatic carbocycles. The highest BCUT2D eigenvalue weighted by Gasteiger charge is 2.17. The Morgan fingerprint density at radius 3 is 2.58 bits per heavy atom. The van der Waals surface area contributed by atoms with Gasteiger partial charge in [-0.05, 0) is 37.7 Å². The zero-order valence-electron chi connectivity index (χ0n) is 15.2. The normalized spacial score (nSPS) is 14.9. The minimum absolute atomic E-state index is 0.0348. The molecule has 0 radical (unpaired) electrons. The number of pyridine rings is 1. The monoisotopic (exact) mass is 352 g/mol. The molecule has 1 N–H and O–H groups in total. The molecule has 0 bridgehead atoms. The standard InChI is InChI=1S/C20H24N4O2/c1-3-23-9-11-24(12-10-23)18-7-8-21-19(14-18)20(26)22-17-6-4-5-16(13-17)15(2)25/h4-8,13-14H,3,9-12H2,1-2H3,(H,22,26). The highest BCUT2D eigenvalue weighted by molar-refractivity contribution is 6.04. The summed E-state index contributed by atoms with van der Waals surface area (Å²) in [5, 5.41) is 2.82. The van der Waals surface area contributed by atoms with E-state index < -0.39 is 0 Å². The predicted octanol–water partition coefficient (Wildman–Crippen LogP) is 2.68. The van der Waals surface area contributed by atoms with Crippen molar-refractivity contribution in [1.82, 2.24) is 9.88 Å². The molecule has 0 spiro atoms. The van der Waals surface area contributed by atoms with Crippen LogP contribution in [-0.2, 0) is 0 Å². The molecule has 2 aromatic rings. The van der Waals surface area contributed by atoms with Crippen molar-refractivity contribution in [2.75, 3.05) is 42.9 Å². The fourth-order valence-electron chi connectivity index (χ4n) is 3.07. The van der Waals surface area contributed by atoms with Crippen LogP contribution in [0.3, 0.4) is 0 Å². The molecule has 0 aliphatic carbocycles. The van der Waals surface area contributed by atoms with Gasteiger partial charge >= 0.3 is 0 Å². The van der Waals surface area contributed by atoms with Gasteiger partial charge in [0.1, 0.15) is 5.69 Å². The van der Waals surface area contributed by atoms with Crippen molar-refractivity contribution < 1.29 is 9.59 Å². The maximum Gasteiger partial charge on any atom is 0.274 e. The number of ketones is 1. The van der Waals surface area contributed by atoms with Crippen LogP contribution >= 0.6 is 0 Å². The smallest absolute Gasteiger partial charge is 0.274 e. The lowest BCUT2D eigenvalue weighted by molar-refractivity contribution is 0.100. The van der Waals surface area contributed by atoms with E-state index in [1.54, 1.807) is 30.5 Å². The maximum atomic E-state index is 12.5. The molecular weight excluding hydrogens is 328 g/mol. The van der Waals surface area contributed by atoms with Gasteiger partial charge in [0.2, 0.25) is 0 Å². The first-order valence-corrected chi connectivity index (χ1v) is 8.92. The lowest BCUT2D eigenvalue weighted by Gasteiger charge is -2.35. The van der Waals surface area contributed by atoms with E-state index in [1.165, 1.54) is 6.92 Å². The Morgan fingerprint density at radius 1 is 1.12 bits per heavy atom. The summed E-state index contributed by atoms with van der Waals surface area (Å²) in [6.45, 7) is 8.68. The number of nitrogens with one attached hydrogen (secondary N) is 1. The first kappa shape index (κ1) is 18.1. The van der Waals surface area contributed by atoms with E-state index >= 15 is 0 Å². The Morgan fingerprint density at radius 2 is 1.88 bits per heavy atom. The number of amides is 1. The number of aromatic nitrogens is 1.